The van der Waals surface area contributed by atoms with Crippen LogP contribution in [0.5, 0.6) is 0 Å². The first-order valence-electron chi connectivity index (χ1n) is 10.9. The number of carbonyl (C=O) groups is 1. The van der Waals surface area contributed by atoms with E-state index >= 15 is 0 Å². The fourth-order valence-electron chi connectivity index (χ4n) is 3.26. The second-order valence-corrected chi connectivity index (χ2v) is 11.7. The summed E-state index contributed by atoms with van der Waals surface area (Å²) in [5.41, 5.74) is 5.30. The molecule has 9 heteroatoms. The summed E-state index contributed by atoms with van der Waals surface area (Å²) in [6, 6.07) is 20.1. The maximum Gasteiger partial charge on any atom is 0.264 e. The minimum absolute atomic E-state index is 0.0239. The fourth-order valence-corrected chi connectivity index (χ4v) is 4.99. The lowest BCUT2D eigenvalue weighted by Crippen LogP contribution is -2.39. The summed E-state index contributed by atoms with van der Waals surface area (Å²) in [6.07, 6.45) is 0. The summed E-state index contributed by atoms with van der Waals surface area (Å²) in [4.78, 5) is 12.8. The van der Waals surface area contributed by atoms with E-state index in [-0.39, 0.29) is 26.0 Å². The van der Waals surface area contributed by atoms with Crippen molar-refractivity contribution in [1.82, 2.24) is 5.43 Å². The molecule has 0 bridgehead atoms. The highest BCUT2D eigenvalue weighted by Crippen LogP contribution is 2.30. The number of hydrogen-bond donors (Lipinski definition) is 1. The normalized spacial score (nSPS) is 12.3. The first-order chi connectivity index (χ1) is 16.4. The molecule has 0 fully saturated rings. The molecule has 0 aliphatic rings. The van der Waals surface area contributed by atoms with E-state index in [1.165, 1.54) is 35.9 Å². The highest BCUT2D eigenvalue weighted by molar-refractivity contribution is 7.92. The molecule has 1 N–H and O–H groups in total. The molecule has 3 aromatic carbocycles. The van der Waals surface area contributed by atoms with Crippen LogP contribution >= 0.6 is 23.2 Å². The molecule has 0 unspecified atom stereocenters. The maximum atomic E-state index is 13.4. The lowest BCUT2D eigenvalue weighted by molar-refractivity contribution is -0.119. The molecule has 3 aromatic rings. The molecule has 0 radical (unpaired) electrons. The zero-order valence-electron chi connectivity index (χ0n) is 19.9. The molecule has 35 heavy (non-hydrogen) atoms. The Morgan fingerprint density at radius 2 is 1.57 bits per heavy atom. The third-order valence-corrected chi connectivity index (χ3v) is 7.85. The smallest absolute Gasteiger partial charge is 0.264 e. The monoisotopic (exact) mass is 531 g/mol. The molecule has 1 amide bonds. The van der Waals surface area contributed by atoms with Crippen molar-refractivity contribution in [2.24, 2.45) is 5.10 Å². The molecular weight excluding hydrogens is 505 g/mol. The van der Waals surface area contributed by atoms with Gasteiger partial charge in [-0.3, -0.25) is 9.10 Å². The minimum Gasteiger partial charge on any atom is -0.271 e. The van der Waals surface area contributed by atoms with Gasteiger partial charge in [-0.05, 0) is 53.8 Å². The van der Waals surface area contributed by atoms with Crippen molar-refractivity contribution in [2.75, 3.05) is 10.8 Å². The Bertz CT molecular complexity index is 1330. The summed E-state index contributed by atoms with van der Waals surface area (Å²) in [6.45, 7) is 7.66. The van der Waals surface area contributed by atoms with Crippen LogP contribution in [0.2, 0.25) is 10.0 Å². The van der Waals surface area contributed by atoms with E-state index in [0.29, 0.717) is 5.71 Å². The summed E-state index contributed by atoms with van der Waals surface area (Å²) < 4.78 is 27.7. The Morgan fingerprint density at radius 1 is 0.943 bits per heavy atom. The van der Waals surface area contributed by atoms with Gasteiger partial charge < -0.3 is 0 Å². The Kier molecular flexibility index (Phi) is 8.26. The van der Waals surface area contributed by atoms with E-state index in [9.17, 15) is 13.2 Å². The van der Waals surface area contributed by atoms with Crippen LogP contribution in [0.4, 0.5) is 5.69 Å². The SMILES string of the molecule is C/C(=N/NC(=O)CN(c1ccc(Cl)c(Cl)c1)S(=O)(=O)c1ccccc1)c1ccc(C(C)(C)C)cc1. The Morgan fingerprint density at radius 3 is 2.14 bits per heavy atom. The lowest BCUT2D eigenvalue weighted by Gasteiger charge is -2.24. The second-order valence-electron chi connectivity index (χ2n) is 8.98. The van der Waals surface area contributed by atoms with Crippen molar-refractivity contribution < 1.29 is 13.2 Å². The van der Waals surface area contributed by atoms with E-state index in [0.717, 1.165) is 9.87 Å². The van der Waals surface area contributed by atoms with Crippen LogP contribution in [0.25, 0.3) is 0 Å². The van der Waals surface area contributed by atoms with Gasteiger partial charge in [-0.25, -0.2) is 13.8 Å². The number of sulfonamides is 1. The number of rotatable bonds is 7. The minimum atomic E-state index is -4.07. The molecule has 3 rings (SSSR count). The predicted octanol–water partition coefficient (Wildman–Crippen LogP) is 6.03. The molecule has 0 spiro atoms. The molecule has 0 saturated carbocycles. The number of benzene rings is 3. The highest BCUT2D eigenvalue weighted by Gasteiger charge is 2.27. The molecule has 0 aromatic heterocycles. The van der Waals surface area contributed by atoms with Crippen molar-refractivity contribution >= 4 is 50.5 Å². The van der Waals surface area contributed by atoms with Crippen LogP contribution < -0.4 is 9.73 Å². The average molecular weight is 532 g/mol. The van der Waals surface area contributed by atoms with Gasteiger partial charge in [0.05, 0.1) is 26.3 Å². The van der Waals surface area contributed by atoms with Gasteiger partial charge in [-0.1, -0.05) is 86.4 Å². The standard InChI is InChI=1S/C26H27Cl2N3O3S/c1-18(19-10-12-20(13-11-19)26(2,3)4)29-30-25(32)17-31(21-14-15-23(27)24(28)16-21)35(33,34)22-8-6-5-7-9-22/h5-16H,17H2,1-4H3,(H,30,32)/b29-18-. The van der Waals surface area contributed by atoms with Crippen LogP contribution in [0.3, 0.4) is 0 Å². The van der Waals surface area contributed by atoms with E-state index in [4.69, 9.17) is 23.2 Å². The van der Waals surface area contributed by atoms with Crippen molar-refractivity contribution in [1.29, 1.82) is 0 Å². The van der Waals surface area contributed by atoms with E-state index in [1.807, 2.05) is 24.3 Å². The van der Waals surface area contributed by atoms with Crippen molar-refractivity contribution in [3.05, 3.63) is 94.0 Å². The number of halogens is 2. The molecule has 0 heterocycles. The number of carbonyl (C=O) groups excluding carboxylic acids is 1. The van der Waals surface area contributed by atoms with Crippen LogP contribution in [0, 0.1) is 0 Å². The van der Waals surface area contributed by atoms with Gasteiger partial charge in [0.25, 0.3) is 15.9 Å². The molecule has 0 atom stereocenters. The summed E-state index contributed by atoms with van der Waals surface area (Å²) >= 11 is 12.1. The van der Waals surface area contributed by atoms with Crippen LogP contribution in [-0.2, 0) is 20.2 Å². The van der Waals surface area contributed by atoms with Gasteiger partial charge in [0, 0.05) is 0 Å². The van der Waals surface area contributed by atoms with E-state index in [2.05, 4.69) is 31.3 Å². The number of nitrogens with zero attached hydrogens (tertiary/aromatic N) is 2. The Hall–Kier alpha value is -2.87. The van der Waals surface area contributed by atoms with E-state index in [1.54, 1.807) is 25.1 Å². The third-order valence-electron chi connectivity index (χ3n) is 5.33. The quantitative estimate of drug-likeness (QED) is 0.298. The molecular formula is C26H27Cl2N3O3S. The first-order valence-corrected chi connectivity index (χ1v) is 13.1. The topological polar surface area (TPSA) is 78.8 Å². The second kappa shape index (κ2) is 10.8. The predicted molar refractivity (Wildman–Crippen MR) is 143 cm³/mol. The van der Waals surface area contributed by atoms with Gasteiger partial charge in [0.15, 0.2) is 0 Å². The van der Waals surface area contributed by atoms with Crippen molar-refractivity contribution in [2.45, 2.75) is 38.0 Å². The number of anilines is 1. The lowest BCUT2D eigenvalue weighted by atomic mass is 9.86. The largest absolute Gasteiger partial charge is 0.271 e. The molecule has 0 aliphatic carbocycles. The average Bonchev–Trinajstić information content (AvgIpc) is 2.83. The van der Waals surface area contributed by atoms with Gasteiger partial charge in [0.2, 0.25) is 0 Å². The van der Waals surface area contributed by atoms with Crippen LogP contribution in [0.15, 0.2) is 82.8 Å². The summed E-state index contributed by atoms with van der Waals surface area (Å²) in [5, 5.41) is 4.61. The number of hydrazone groups is 1. The summed E-state index contributed by atoms with van der Waals surface area (Å²) in [7, 11) is -4.07. The van der Waals surface area contributed by atoms with Gasteiger partial charge in [-0.15, -0.1) is 0 Å². The number of hydrogen-bond acceptors (Lipinski definition) is 4. The molecule has 184 valence electrons. The number of nitrogens with one attached hydrogen (secondary N) is 1. The van der Waals surface area contributed by atoms with Crippen molar-refractivity contribution in [3.8, 4) is 0 Å². The van der Waals surface area contributed by atoms with Gasteiger partial charge >= 0.3 is 0 Å². The van der Waals surface area contributed by atoms with Crippen LogP contribution in [-0.4, -0.2) is 26.6 Å². The zero-order valence-corrected chi connectivity index (χ0v) is 22.2. The van der Waals surface area contributed by atoms with Crippen molar-refractivity contribution in [3.63, 3.8) is 0 Å². The maximum absolute atomic E-state index is 13.4. The third kappa shape index (κ3) is 6.63. The first kappa shape index (κ1) is 26.7. The Labute approximate surface area is 216 Å². The highest BCUT2D eigenvalue weighted by atomic mass is 35.5. The van der Waals surface area contributed by atoms with Gasteiger partial charge in [-0.2, -0.15) is 5.10 Å². The molecule has 0 aliphatic heterocycles. The van der Waals surface area contributed by atoms with Crippen LogP contribution in [0.1, 0.15) is 38.8 Å². The zero-order chi connectivity index (χ0) is 25.8. The Balaban J connectivity index is 1.84. The molecule has 6 nitrogen and oxygen atoms in total. The fraction of sp³-hybridized carbons (Fsp3) is 0.231. The molecule has 0 saturated heterocycles. The number of amides is 1. The summed E-state index contributed by atoms with van der Waals surface area (Å²) in [5.74, 6) is -0.610. The van der Waals surface area contributed by atoms with Gasteiger partial charge in [0.1, 0.15) is 6.54 Å². The van der Waals surface area contributed by atoms with E-state index < -0.39 is 22.5 Å².